The number of rotatable bonds is 4. The highest BCUT2D eigenvalue weighted by Gasteiger charge is 2.21. The van der Waals surface area contributed by atoms with Crippen molar-refractivity contribution >= 4 is 91.7 Å². The zero-order valence-electron chi connectivity index (χ0n) is 26.1. The SMILES string of the molecule is c1ccc(-c2ccc(N(c3cc4ccc5ccccc5c4c4ccccc34)c3cccc4c3ccc3sc5ccccc5c34)cc2)cc1. The first-order chi connectivity index (χ1) is 23.8. The van der Waals surface area contributed by atoms with Gasteiger partial charge >= 0.3 is 0 Å². The van der Waals surface area contributed by atoms with Gasteiger partial charge in [-0.25, -0.2) is 0 Å². The van der Waals surface area contributed by atoms with Gasteiger partial charge < -0.3 is 4.90 Å². The van der Waals surface area contributed by atoms with Crippen molar-refractivity contribution in [3.05, 3.63) is 176 Å². The Morgan fingerprint density at radius 2 is 0.958 bits per heavy atom. The first-order valence-corrected chi connectivity index (χ1v) is 17.3. The molecule has 10 aromatic rings. The van der Waals surface area contributed by atoms with E-state index in [0.29, 0.717) is 0 Å². The van der Waals surface area contributed by atoms with Crippen LogP contribution in [0.4, 0.5) is 17.1 Å². The van der Waals surface area contributed by atoms with Crippen LogP contribution in [-0.4, -0.2) is 0 Å². The summed E-state index contributed by atoms with van der Waals surface area (Å²) in [6.45, 7) is 0. The fourth-order valence-electron chi connectivity index (χ4n) is 7.65. The molecule has 0 saturated heterocycles. The molecule has 0 spiro atoms. The maximum Gasteiger partial charge on any atom is 0.0546 e. The molecule has 0 fully saturated rings. The van der Waals surface area contributed by atoms with Crippen molar-refractivity contribution in [1.82, 2.24) is 0 Å². The van der Waals surface area contributed by atoms with E-state index in [0.717, 1.165) is 5.69 Å². The van der Waals surface area contributed by atoms with Crippen molar-refractivity contribution in [1.29, 1.82) is 0 Å². The maximum atomic E-state index is 2.48. The Labute approximate surface area is 282 Å². The van der Waals surface area contributed by atoms with Gasteiger partial charge in [-0.2, -0.15) is 0 Å². The van der Waals surface area contributed by atoms with E-state index in [9.17, 15) is 0 Å². The molecule has 0 radical (unpaired) electrons. The molecule has 0 bridgehead atoms. The van der Waals surface area contributed by atoms with Crippen LogP contribution in [0.25, 0.3) is 74.4 Å². The Balaban J connectivity index is 1.29. The van der Waals surface area contributed by atoms with Crippen molar-refractivity contribution in [2.75, 3.05) is 4.90 Å². The van der Waals surface area contributed by atoms with Gasteiger partial charge in [-0.15, -0.1) is 11.3 Å². The minimum Gasteiger partial charge on any atom is -0.309 e. The summed E-state index contributed by atoms with van der Waals surface area (Å²) in [5, 5.41) is 12.8. The second-order valence-corrected chi connectivity index (χ2v) is 13.6. The van der Waals surface area contributed by atoms with E-state index >= 15 is 0 Å². The number of benzene rings is 9. The molecular formula is C46H29NS. The number of hydrogen-bond acceptors (Lipinski definition) is 2. The summed E-state index contributed by atoms with van der Waals surface area (Å²) in [4.78, 5) is 2.48. The van der Waals surface area contributed by atoms with Gasteiger partial charge in [0.15, 0.2) is 0 Å². The van der Waals surface area contributed by atoms with Crippen LogP contribution in [0.3, 0.4) is 0 Å². The second-order valence-electron chi connectivity index (χ2n) is 12.5. The number of fused-ring (bicyclic) bond motifs is 10. The Hall–Kier alpha value is -5.96. The normalized spacial score (nSPS) is 11.8. The molecule has 0 saturated carbocycles. The van der Waals surface area contributed by atoms with E-state index in [1.807, 2.05) is 11.3 Å². The minimum absolute atomic E-state index is 1.13. The van der Waals surface area contributed by atoms with Crippen LogP contribution in [0.15, 0.2) is 176 Å². The maximum absolute atomic E-state index is 2.48. The van der Waals surface area contributed by atoms with Gasteiger partial charge in [-0.3, -0.25) is 0 Å². The number of thiophene rings is 1. The molecule has 1 nitrogen and oxygen atoms in total. The number of hydrogen-bond donors (Lipinski definition) is 0. The van der Waals surface area contributed by atoms with E-state index in [1.165, 1.54) is 85.8 Å². The molecule has 0 aliphatic rings. The summed E-state index contributed by atoms with van der Waals surface area (Å²) in [5.41, 5.74) is 5.89. The Morgan fingerprint density at radius 3 is 1.81 bits per heavy atom. The average molecular weight is 628 g/mol. The van der Waals surface area contributed by atoms with Crippen molar-refractivity contribution in [3.8, 4) is 11.1 Å². The average Bonchev–Trinajstić information content (AvgIpc) is 3.55. The fraction of sp³-hybridized carbons (Fsp3) is 0. The van der Waals surface area contributed by atoms with Crippen LogP contribution >= 0.6 is 11.3 Å². The lowest BCUT2D eigenvalue weighted by atomic mass is 9.94. The monoisotopic (exact) mass is 627 g/mol. The third-order valence-corrected chi connectivity index (χ3v) is 11.0. The first kappa shape index (κ1) is 27.2. The van der Waals surface area contributed by atoms with Gasteiger partial charge in [-0.05, 0) is 79.8 Å². The van der Waals surface area contributed by atoms with E-state index in [4.69, 9.17) is 0 Å². The van der Waals surface area contributed by atoms with Gasteiger partial charge in [0.2, 0.25) is 0 Å². The highest BCUT2D eigenvalue weighted by molar-refractivity contribution is 7.26. The van der Waals surface area contributed by atoms with E-state index < -0.39 is 0 Å². The van der Waals surface area contributed by atoms with Crippen molar-refractivity contribution in [2.24, 2.45) is 0 Å². The Bertz CT molecular complexity index is 2830. The summed E-state index contributed by atoms with van der Waals surface area (Å²) in [5.74, 6) is 0. The molecule has 0 aliphatic heterocycles. The summed E-state index contributed by atoms with van der Waals surface area (Å²) in [6.07, 6.45) is 0. The highest BCUT2D eigenvalue weighted by atomic mass is 32.1. The lowest BCUT2D eigenvalue weighted by Gasteiger charge is -2.29. The van der Waals surface area contributed by atoms with Crippen LogP contribution in [0.2, 0.25) is 0 Å². The highest BCUT2D eigenvalue weighted by Crippen LogP contribution is 2.47. The van der Waals surface area contributed by atoms with Crippen LogP contribution in [0, 0.1) is 0 Å². The zero-order chi connectivity index (χ0) is 31.6. The molecule has 0 atom stereocenters. The van der Waals surface area contributed by atoms with Crippen molar-refractivity contribution in [2.45, 2.75) is 0 Å². The summed E-state index contributed by atoms with van der Waals surface area (Å²) >= 11 is 1.87. The smallest absolute Gasteiger partial charge is 0.0546 e. The molecule has 1 heterocycles. The van der Waals surface area contributed by atoms with Gasteiger partial charge in [0.25, 0.3) is 0 Å². The molecule has 2 heteroatoms. The summed E-state index contributed by atoms with van der Waals surface area (Å²) in [7, 11) is 0. The molecule has 48 heavy (non-hydrogen) atoms. The lowest BCUT2D eigenvalue weighted by molar-refractivity contribution is 1.32. The summed E-state index contributed by atoms with van der Waals surface area (Å²) in [6, 6.07) is 64.5. The van der Waals surface area contributed by atoms with Crippen molar-refractivity contribution in [3.63, 3.8) is 0 Å². The molecule has 9 aromatic carbocycles. The van der Waals surface area contributed by atoms with Crippen molar-refractivity contribution < 1.29 is 0 Å². The molecule has 1 aromatic heterocycles. The quantitative estimate of drug-likeness (QED) is 0.176. The predicted octanol–water partition coefficient (Wildman–Crippen LogP) is 13.8. The largest absolute Gasteiger partial charge is 0.309 e. The Kier molecular flexibility index (Phi) is 6.12. The van der Waals surface area contributed by atoms with Crippen LogP contribution in [0.1, 0.15) is 0 Å². The van der Waals surface area contributed by atoms with Crippen LogP contribution in [0.5, 0.6) is 0 Å². The third kappa shape index (κ3) is 4.17. The van der Waals surface area contributed by atoms with Crippen LogP contribution in [-0.2, 0) is 0 Å². The lowest BCUT2D eigenvalue weighted by Crippen LogP contribution is -2.11. The minimum atomic E-state index is 1.13. The second kappa shape index (κ2) is 10.8. The van der Waals surface area contributed by atoms with E-state index in [-0.39, 0.29) is 0 Å². The van der Waals surface area contributed by atoms with Gasteiger partial charge in [-0.1, -0.05) is 140 Å². The molecule has 0 unspecified atom stereocenters. The molecule has 0 amide bonds. The molecule has 10 rings (SSSR count). The molecule has 224 valence electrons. The third-order valence-electron chi connectivity index (χ3n) is 9.82. The van der Waals surface area contributed by atoms with Gasteiger partial charge in [0, 0.05) is 36.6 Å². The number of anilines is 3. The van der Waals surface area contributed by atoms with E-state index in [1.54, 1.807) is 0 Å². The molecule has 0 N–H and O–H groups in total. The molecular weight excluding hydrogens is 599 g/mol. The topological polar surface area (TPSA) is 3.24 Å². The van der Waals surface area contributed by atoms with Crippen LogP contribution < -0.4 is 4.90 Å². The van der Waals surface area contributed by atoms with E-state index in [2.05, 4.69) is 181 Å². The standard InChI is InChI=1S/C46H29NS/c1-2-11-30(12-3-1)31-23-25-34(26-24-31)47(41-19-10-18-39-37(41)27-28-44-46(39)40-17-8-9-20-43(40)48-44)42-29-33-22-21-32-13-4-5-14-35(32)45(33)38-16-7-6-15-36(38)42/h1-29H. The van der Waals surface area contributed by atoms with Gasteiger partial charge in [0.05, 0.1) is 11.4 Å². The predicted molar refractivity (Wildman–Crippen MR) is 209 cm³/mol. The first-order valence-electron chi connectivity index (χ1n) is 16.4. The summed E-state index contributed by atoms with van der Waals surface area (Å²) < 4.78 is 2.65. The van der Waals surface area contributed by atoms with Gasteiger partial charge in [0.1, 0.15) is 0 Å². The number of nitrogens with zero attached hydrogens (tertiary/aromatic N) is 1. The molecule has 0 aliphatic carbocycles. The zero-order valence-corrected chi connectivity index (χ0v) is 26.9. The fourth-order valence-corrected chi connectivity index (χ4v) is 8.77. The Morgan fingerprint density at radius 1 is 0.333 bits per heavy atom.